The summed E-state index contributed by atoms with van der Waals surface area (Å²) in [6, 6.07) is 18.2. The van der Waals surface area contributed by atoms with Crippen LogP contribution in [-0.2, 0) is 0 Å². The van der Waals surface area contributed by atoms with E-state index >= 15 is 0 Å². The molecule has 0 atom stereocenters. The van der Waals surface area contributed by atoms with E-state index in [0.29, 0.717) is 17.0 Å². The predicted octanol–water partition coefficient (Wildman–Crippen LogP) is 3.92. The van der Waals surface area contributed by atoms with E-state index in [2.05, 4.69) is 11.1 Å². The van der Waals surface area contributed by atoms with E-state index < -0.39 is 0 Å². The quantitative estimate of drug-likeness (QED) is 0.579. The highest BCUT2D eigenvalue weighted by atomic mass is 15.0. The number of anilines is 1. The highest BCUT2D eigenvalue weighted by Gasteiger charge is 2.16. The number of para-hydroxylation sites is 1. The van der Waals surface area contributed by atoms with E-state index in [1.165, 1.54) is 5.56 Å². The van der Waals surface area contributed by atoms with Gasteiger partial charge in [0, 0.05) is 17.1 Å². The molecule has 2 aromatic carbocycles. The fourth-order valence-electron chi connectivity index (χ4n) is 2.93. The Morgan fingerprint density at radius 3 is 2.57 bits per heavy atom. The number of hydrogen-bond donors (Lipinski definition) is 1. The van der Waals surface area contributed by atoms with Crippen molar-refractivity contribution in [2.24, 2.45) is 0 Å². The second-order valence-corrected chi connectivity index (χ2v) is 5.60. The van der Waals surface area contributed by atoms with Gasteiger partial charge < -0.3 is 5.73 Å². The van der Waals surface area contributed by atoms with Crippen molar-refractivity contribution in [3.63, 3.8) is 0 Å². The van der Waals surface area contributed by atoms with E-state index in [0.717, 1.165) is 22.0 Å². The van der Waals surface area contributed by atoms with Gasteiger partial charge in [-0.15, -0.1) is 0 Å². The second-order valence-electron chi connectivity index (χ2n) is 5.60. The number of nitrogen functional groups attached to an aromatic ring is 1. The van der Waals surface area contributed by atoms with Gasteiger partial charge in [0.15, 0.2) is 5.65 Å². The maximum atomic E-state index is 9.64. The maximum absolute atomic E-state index is 9.64. The summed E-state index contributed by atoms with van der Waals surface area (Å²) in [4.78, 5) is 4.46. The summed E-state index contributed by atoms with van der Waals surface area (Å²) in [5, 5.41) is 10.5. The van der Waals surface area contributed by atoms with Crippen molar-refractivity contribution in [1.29, 1.82) is 5.26 Å². The molecule has 0 radical (unpaired) electrons. The Labute approximate surface area is 133 Å². The Bertz CT molecular complexity index is 1080. The molecule has 0 unspecified atom stereocenters. The number of aryl methyl sites for hydroxylation is 1. The number of benzene rings is 2. The van der Waals surface area contributed by atoms with Gasteiger partial charge in [0.25, 0.3) is 0 Å². The van der Waals surface area contributed by atoms with Crippen LogP contribution < -0.4 is 5.73 Å². The first-order valence-electron chi connectivity index (χ1n) is 7.35. The van der Waals surface area contributed by atoms with Crippen LogP contribution in [0.3, 0.4) is 0 Å². The number of aromatic nitrogens is 2. The lowest BCUT2D eigenvalue weighted by atomic mass is 10.0. The molecule has 4 aromatic rings. The van der Waals surface area contributed by atoms with Gasteiger partial charge in [0.05, 0.1) is 5.52 Å². The van der Waals surface area contributed by atoms with Gasteiger partial charge in [0.2, 0.25) is 0 Å². The van der Waals surface area contributed by atoms with Crippen molar-refractivity contribution in [1.82, 2.24) is 9.38 Å². The fourth-order valence-corrected chi connectivity index (χ4v) is 2.93. The van der Waals surface area contributed by atoms with Crippen LogP contribution >= 0.6 is 0 Å². The third-order valence-corrected chi connectivity index (χ3v) is 4.12. The molecule has 2 N–H and O–H groups in total. The van der Waals surface area contributed by atoms with Gasteiger partial charge in [-0.05, 0) is 24.6 Å². The summed E-state index contributed by atoms with van der Waals surface area (Å²) >= 11 is 0. The third kappa shape index (κ3) is 1.95. The summed E-state index contributed by atoms with van der Waals surface area (Å²) in [6.45, 7) is 2.04. The first-order chi connectivity index (χ1) is 11.2. The number of nitrogens with two attached hydrogens (primary N) is 1. The Hall–Kier alpha value is -3.32. The van der Waals surface area contributed by atoms with Gasteiger partial charge >= 0.3 is 0 Å². The zero-order valence-corrected chi connectivity index (χ0v) is 12.6. The molecule has 4 nitrogen and oxygen atoms in total. The molecule has 0 bridgehead atoms. The number of nitriles is 1. The molecule has 110 valence electrons. The smallest absolute Gasteiger partial charge is 0.158 e. The molecule has 0 aliphatic carbocycles. The van der Waals surface area contributed by atoms with Crippen LogP contribution in [0.4, 0.5) is 5.82 Å². The lowest BCUT2D eigenvalue weighted by molar-refractivity contribution is 1.20. The van der Waals surface area contributed by atoms with Gasteiger partial charge in [-0.25, -0.2) is 4.98 Å². The van der Waals surface area contributed by atoms with Crippen LogP contribution in [0.2, 0.25) is 0 Å². The van der Waals surface area contributed by atoms with E-state index in [1.807, 2.05) is 66.1 Å². The lowest BCUT2D eigenvalue weighted by Gasteiger charge is -2.04. The van der Waals surface area contributed by atoms with Crippen LogP contribution in [0.5, 0.6) is 0 Å². The molecule has 4 heteroatoms. The number of hydrogen-bond acceptors (Lipinski definition) is 3. The Balaban J connectivity index is 2.13. The normalized spacial score (nSPS) is 11.0. The molecule has 4 rings (SSSR count). The molecule has 2 heterocycles. The van der Waals surface area contributed by atoms with Crippen molar-refractivity contribution in [3.8, 4) is 17.2 Å². The number of nitrogens with zero attached hydrogens (tertiary/aromatic N) is 3. The topological polar surface area (TPSA) is 67.1 Å². The molecule has 23 heavy (non-hydrogen) atoms. The molecular formula is C19H14N4. The highest BCUT2D eigenvalue weighted by Crippen LogP contribution is 2.31. The number of fused-ring (bicyclic) bond motifs is 3. The van der Waals surface area contributed by atoms with Crippen LogP contribution in [0.1, 0.15) is 11.1 Å². The van der Waals surface area contributed by atoms with Crippen LogP contribution in [0.25, 0.3) is 27.7 Å². The van der Waals surface area contributed by atoms with E-state index in [-0.39, 0.29) is 0 Å². The zero-order valence-electron chi connectivity index (χ0n) is 12.6. The molecule has 2 aromatic heterocycles. The molecule has 0 aliphatic rings. The predicted molar refractivity (Wildman–Crippen MR) is 92.0 cm³/mol. The lowest BCUT2D eigenvalue weighted by Crippen LogP contribution is -1.97. The third-order valence-electron chi connectivity index (χ3n) is 4.12. The molecular weight excluding hydrogens is 284 g/mol. The molecule has 0 saturated heterocycles. The SMILES string of the molecule is Cc1ccc(-c2cn3c(nc(N)c4ccccc43)c2C#N)cc1. The van der Waals surface area contributed by atoms with Crippen molar-refractivity contribution in [3.05, 3.63) is 65.9 Å². The van der Waals surface area contributed by atoms with Crippen LogP contribution in [0, 0.1) is 18.3 Å². The summed E-state index contributed by atoms with van der Waals surface area (Å²) < 4.78 is 1.94. The number of rotatable bonds is 1. The van der Waals surface area contributed by atoms with Gasteiger partial charge in [0.1, 0.15) is 17.5 Å². The van der Waals surface area contributed by atoms with Crippen molar-refractivity contribution < 1.29 is 0 Å². The maximum Gasteiger partial charge on any atom is 0.158 e. The second kappa shape index (κ2) is 4.85. The summed E-state index contributed by atoms with van der Waals surface area (Å²) in [7, 11) is 0. The Kier molecular flexibility index (Phi) is 2.82. The van der Waals surface area contributed by atoms with Crippen LogP contribution in [-0.4, -0.2) is 9.38 Å². The summed E-state index contributed by atoms with van der Waals surface area (Å²) in [6.07, 6.45) is 1.97. The van der Waals surface area contributed by atoms with Crippen molar-refractivity contribution in [2.45, 2.75) is 6.92 Å². The Morgan fingerprint density at radius 1 is 1.09 bits per heavy atom. The highest BCUT2D eigenvalue weighted by molar-refractivity contribution is 5.93. The summed E-state index contributed by atoms with van der Waals surface area (Å²) in [5.41, 5.74) is 11.2. The van der Waals surface area contributed by atoms with Crippen molar-refractivity contribution >= 4 is 22.4 Å². The average Bonchev–Trinajstić information content (AvgIpc) is 2.94. The van der Waals surface area contributed by atoms with E-state index in [9.17, 15) is 5.26 Å². The van der Waals surface area contributed by atoms with Gasteiger partial charge in [-0.1, -0.05) is 42.0 Å². The van der Waals surface area contributed by atoms with E-state index in [1.54, 1.807) is 0 Å². The minimum Gasteiger partial charge on any atom is -0.383 e. The molecule has 0 aliphatic heterocycles. The molecule has 0 spiro atoms. The van der Waals surface area contributed by atoms with Gasteiger partial charge in [-0.3, -0.25) is 4.40 Å². The first kappa shape index (κ1) is 13.4. The standard InChI is InChI=1S/C19H14N4/c1-12-6-8-13(9-7-12)16-11-23-17-5-3-2-4-14(17)18(21)22-19(23)15(16)10-20/h2-9,11H,1H3,(H2,21,22). The van der Waals surface area contributed by atoms with Crippen molar-refractivity contribution in [2.75, 3.05) is 5.73 Å². The first-order valence-corrected chi connectivity index (χ1v) is 7.35. The fraction of sp³-hybridized carbons (Fsp3) is 0.0526. The van der Waals surface area contributed by atoms with Gasteiger partial charge in [-0.2, -0.15) is 5.26 Å². The largest absolute Gasteiger partial charge is 0.383 e. The molecule has 0 amide bonds. The van der Waals surface area contributed by atoms with Crippen LogP contribution in [0.15, 0.2) is 54.7 Å². The van der Waals surface area contributed by atoms with E-state index in [4.69, 9.17) is 5.73 Å². The Morgan fingerprint density at radius 2 is 1.83 bits per heavy atom. The molecule has 0 saturated carbocycles. The molecule has 0 fully saturated rings. The average molecular weight is 298 g/mol. The zero-order chi connectivity index (χ0) is 16.0. The minimum atomic E-state index is 0.443. The summed E-state index contributed by atoms with van der Waals surface area (Å²) in [5.74, 6) is 0.443. The minimum absolute atomic E-state index is 0.443. The monoisotopic (exact) mass is 298 g/mol.